The molecule has 1 N–H and O–H groups in total. The van der Waals surface area contributed by atoms with Gasteiger partial charge in [0.15, 0.2) is 0 Å². The van der Waals surface area contributed by atoms with E-state index in [0.717, 1.165) is 51.6 Å². The summed E-state index contributed by atoms with van der Waals surface area (Å²) in [4.78, 5) is 13.0. The highest BCUT2D eigenvalue weighted by molar-refractivity contribution is 7.91. The summed E-state index contributed by atoms with van der Waals surface area (Å²) in [6.07, 6.45) is 7.02. The van der Waals surface area contributed by atoms with Crippen LogP contribution < -0.4 is 5.32 Å². The van der Waals surface area contributed by atoms with Crippen LogP contribution >= 0.6 is 0 Å². The van der Waals surface area contributed by atoms with Crippen molar-refractivity contribution in [1.29, 1.82) is 0 Å². The fraction of sp³-hybridized carbons (Fsp3) is 0.933. The average molecular weight is 301 g/mol. The topological polar surface area (TPSA) is 63.2 Å². The Morgan fingerprint density at radius 3 is 2.45 bits per heavy atom. The molecular formula is C15H27NO3S. The lowest BCUT2D eigenvalue weighted by Crippen LogP contribution is -2.46. The Kier molecular flexibility index (Phi) is 4.90. The minimum Gasteiger partial charge on any atom is -0.317 e. The number of rotatable bonds is 4. The predicted molar refractivity (Wildman–Crippen MR) is 80.4 cm³/mol. The Hall–Kier alpha value is -0.420. The van der Waals surface area contributed by atoms with E-state index in [2.05, 4.69) is 12.2 Å². The number of ketones is 1. The lowest BCUT2D eigenvalue weighted by molar-refractivity contribution is -0.135. The number of hydrogen-bond acceptors (Lipinski definition) is 4. The van der Waals surface area contributed by atoms with Crippen LogP contribution in [0.3, 0.4) is 0 Å². The predicted octanol–water partition coefficient (Wildman–Crippen LogP) is 1.94. The third kappa shape index (κ3) is 3.25. The monoisotopic (exact) mass is 301 g/mol. The molecule has 1 saturated heterocycles. The van der Waals surface area contributed by atoms with Gasteiger partial charge in [-0.25, -0.2) is 8.42 Å². The molecule has 2 atom stereocenters. The Morgan fingerprint density at radius 2 is 1.90 bits per heavy atom. The van der Waals surface area contributed by atoms with Crippen molar-refractivity contribution in [2.24, 2.45) is 11.3 Å². The Labute approximate surface area is 122 Å². The zero-order valence-corrected chi connectivity index (χ0v) is 13.5. The van der Waals surface area contributed by atoms with E-state index >= 15 is 0 Å². The highest BCUT2D eigenvalue weighted by Gasteiger charge is 2.43. The van der Waals surface area contributed by atoms with E-state index < -0.39 is 9.84 Å². The molecule has 116 valence electrons. The highest BCUT2D eigenvalue weighted by Crippen LogP contribution is 2.40. The van der Waals surface area contributed by atoms with Gasteiger partial charge in [-0.3, -0.25) is 4.79 Å². The molecule has 1 heterocycles. The van der Waals surface area contributed by atoms with Crippen LogP contribution in [0.5, 0.6) is 0 Å². The summed E-state index contributed by atoms with van der Waals surface area (Å²) in [5.41, 5.74) is -0.199. The first-order valence-corrected chi connectivity index (χ1v) is 9.78. The molecule has 2 rings (SSSR count). The van der Waals surface area contributed by atoms with Crippen LogP contribution in [0, 0.1) is 11.3 Å². The van der Waals surface area contributed by atoms with E-state index in [0.29, 0.717) is 12.2 Å². The second-order valence-electron chi connectivity index (χ2n) is 6.56. The number of nitrogens with one attached hydrogen (secondary N) is 1. The molecule has 2 fully saturated rings. The maximum atomic E-state index is 13.0. The van der Waals surface area contributed by atoms with Crippen LogP contribution in [0.4, 0.5) is 0 Å². The van der Waals surface area contributed by atoms with Gasteiger partial charge in [-0.2, -0.15) is 0 Å². The largest absolute Gasteiger partial charge is 0.317 e. The van der Waals surface area contributed by atoms with Crippen LogP contribution in [0.25, 0.3) is 0 Å². The minimum atomic E-state index is -3.01. The third-order valence-electron chi connectivity index (χ3n) is 5.36. The number of hydrogen-bond donors (Lipinski definition) is 1. The zero-order chi connectivity index (χ0) is 14.8. The molecule has 20 heavy (non-hydrogen) atoms. The molecule has 5 heteroatoms. The first-order chi connectivity index (χ1) is 9.39. The zero-order valence-electron chi connectivity index (χ0n) is 12.7. The summed E-state index contributed by atoms with van der Waals surface area (Å²) in [6.45, 7) is 3.91. The molecule has 1 aliphatic heterocycles. The lowest BCUT2D eigenvalue weighted by atomic mass is 9.67. The molecule has 0 aromatic carbocycles. The van der Waals surface area contributed by atoms with Gasteiger partial charge in [0, 0.05) is 17.6 Å². The summed E-state index contributed by atoms with van der Waals surface area (Å²) in [5, 5.41) is 3.01. The second-order valence-corrected chi connectivity index (χ2v) is 8.89. The van der Waals surface area contributed by atoms with Gasteiger partial charge in [-0.05, 0) is 51.6 Å². The molecule has 0 amide bonds. The molecule has 0 aromatic heterocycles. The molecule has 1 saturated carbocycles. The van der Waals surface area contributed by atoms with Crippen molar-refractivity contribution in [3.8, 4) is 0 Å². The van der Waals surface area contributed by atoms with E-state index in [1.54, 1.807) is 0 Å². The third-order valence-corrected chi connectivity index (χ3v) is 7.00. The first-order valence-electron chi connectivity index (χ1n) is 7.83. The van der Waals surface area contributed by atoms with Crippen molar-refractivity contribution in [2.45, 2.75) is 57.1 Å². The second kappa shape index (κ2) is 6.14. The quantitative estimate of drug-likeness (QED) is 0.862. The van der Waals surface area contributed by atoms with Gasteiger partial charge in [-0.15, -0.1) is 0 Å². The Bertz CT molecular complexity index is 452. The van der Waals surface area contributed by atoms with Gasteiger partial charge in [0.05, 0.1) is 5.25 Å². The molecule has 2 aliphatic rings. The molecule has 0 aromatic rings. The maximum Gasteiger partial charge on any atom is 0.150 e. The number of Topliss-reactive ketones (excluding diaryl/α,β-unsaturated/α-hetero) is 1. The van der Waals surface area contributed by atoms with Gasteiger partial charge in [-0.1, -0.05) is 13.3 Å². The lowest BCUT2D eigenvalue weighted by Gasteiger charge is -2.40. The smallest absolute Gasteiger partial charge is 0.150 e. The van der Waals surface area contributed by atoms with Crippen molar-refractivity contribution in [2.75, 3.05) is 19.3 Å². The van der Waals surface area contributed by atoms with Crippen molar-refractivity contribution < 1.29 is 13.2 Å². The van der Waals surface area contributed by atoms with Crippen molar-refractivity contribution >= 4 is 15.6 Å². The van der Waals surface area contributed by atoms with Gasteiger partial charge < -0.3 is 5.32 Å². The van der Waals surface area contributed by atoms with Crippen LogP contribution in [-0.2, 0) is 14.6 Å². The highest BCUT2D eigenvalue weighted by atomic mass is 32.2. The van der Waals surface area contributed by atoms with Crippen molar-refractivity contribution in [3.63, 3.8) is 0 Å². The van der Waals surface area contributed by atoms with Crippen LogP contribution in [0.15, 0.2) is 0 Å². The Balaban J connectivity index is 2.11. The van der Waals surface area contributed by atoms with E-state index in [1.165, 1.54) is 6.26 Å². The van der Waals surface area contributed by atoms with E-state index in [9.17, 15) is 13.2 Å². The average Bonchev–Trinajstić information content (AvgIpc) is 2.46. The summed E-state index contributed by atoms with van der Waals surface area (Å²) < 4.78 is 23.5. The van der Waals surface area contributed by atoms with Gasteiger partial charge in [0.1, 0.15) is 15.6 Å². The van der Waals surface area contributed by atoms with Gasteiger partial charge >= 0.3 is 0 Å². The van der Waals surface area contributed by atoms with E-state index in [1.807, 2.05) is 0 Å². The van der Waals surface area contributed by atoms with Crippen molar-refractivity contribution in [3.05, 3.63) is 0 Å². The number of carbonyl (C=O) groups excluding carboxylic acids is 1. The molecule has 2 unspecified atom stereocenters. The Morgan fingerprint density at radius 1 is 1.25 bits per heavy atom. The fourth-order valence-electron chi connectivity index (χ4n) is 3.88. The van der Waals surface area contributed by atoms with Crippen molar-refractivity contribution in [1.82, 2.24) is 5.32 Å². The van der Waals surface area contributed by atoms with Crippen LogP contribution in [0.1, 0.15) is 51.9 Å². The SMILES string of the molecule is CCC1(C(=O)C2CCCC(S(C)(=O)=O)C2)CCNCC1. The molecule has 0 spiro atoms. The summed E-state index contributed by atoms with van der Waals surface area (Å²) >= 11 is 0. The first kappa shape index (κ1) is 16.0. The molecule has 0 bridgehead atoms. The molecular weight excluding hydrogens is 274 g/mol. The minimum absolute atomic E-state index is 0.0403. The van der Waals surface area contributed by atoms with E-state index in [-0.39, 0.29) is 16.6 Å². The number of sulfone groups is 1. The summed E-state index contributed by atoms with van der Waals surface area (Å²) in [6, 6.07) is 0. The van der Waals surface area contributed by atoms with Crippen LogP contribution in [0.2, 0.25) is 0 Å². The molecule has 4 nitrogen and oxygen atoms in total. The molecule has 0 radical (unpaired) electrons. The summed E-state index contributed by atoms with van der Waals surface area (Å²) in [5.74, 6) is 0.302. The fourth-order valence-corrected chi connectivity index (χ4v) is 5.06. The number of piperidine rings is 1. The normalized spacial score (nSPS) is 30.9. The van der Waals surface area contributed by atoms with Crippen LogP contribution in [-0.4, -0.2) is 38.8 Å². The molecule has 1 aliphatic carbocycles. The number of carbonyl (C=O) groups is 1. The summed E-state index contributed by atoms with van der Waals surface area (Å²) in [7, 11) is -3.01. The van der Waals surface area contributed by atoms with Gasteiger partial charge in [0.25, 0.3) is 0 Å². The maximum absolute atomic E-state index is 13.0. The van der Waals surface area contributed by atoms with E-state index in [4.69, 9.17) is 0 Å². The van der Waals surface area contributed by atoms with Gasteiger partial charge in [0.2, 0.25) is 0 Å². The standard InChI is InChI=1S/C15H27NO3S/c1-3-15(7-9-16-10-8-15)14(17)12-5-4-6-13(11-12)20(2,18)19/h12-13,16H,3-11H2,1-2H3.